The predicted molar refractivity (Wildman–Crippen MR) is 77.2 cm³/mol. The Morgan fingerprint density at radius 1 is 1.22 bits per heavy atom. The molecule has 0 aliphatic heterocycles. The number of rotatable bonds is 2. The van der Waals surface area contributed by atoms with Crippen LogP contribution in [0, 0.1) is 0 Å². The molecule has 5 heteroatoms. The summed E-state index contributed by atoms with van der Waals surface area (Å²) >= 11 is 12.1. The quantitative estimate of drug-likeness (QED) is 0.378. The Hall–Kier alpha value is -0.770. The van der Waals surface area contributed by atoms with Gasteiger partial charge in [-0.25, -0.2) is 5.84 Å². The van der Waals surface area contributed by atoms with Crippen molar-refractivity contribution in [2.24, 2.45) is 10.8 Å². The minimum absolute atomic E-state index is 0.333. The van der Waals surface area contributed by atoms with Crippen molar-refractivity contribution in [3.05, 3.63) is 33.8 Å². The van der Waals surface area contributed by atoms with E-state index in [-0.39, 0.29) is 0 Å². The summed E-state index contributed by atoms with van der Waals surface area (Å²) in [6.45, 7) is 0. The zero-order chi connectivity index (χ0) is 13.0. The molecule has 0 atom stereocenters. The number of hydrazine groups is 1. The van der Waals surface area contributed by atoms with Crippen LogP contribution in [0.15, 0.2) is 23.2 Å². The number of nitrogens with two attached hydrogens (primary N) is 1. The third-order valence-corrected chi connectivity index (χ3v) is 3.77. The summed E-state index contributed by atoms with van der Waals surface area (Å²) in [6, 6.07) is 5.63. The SMILES string of the molecule is NNC(=NC1CCCCC1)c1cc(Cl)ccc1Cl. The molecule has 1 aromatic rings. The highest BCUT2D eigenvalue weighted by molar-refractivity contribution is 6.36. The second kappa shape index (κ2) is 6.41. The lowest BCUT2D eigenvalue weighted by molar-refractivity contribution is 0.442. The first-order chi connectivity index (χ1) is 8.70. The molecular formula is C13H17Cl2N3. The average Bonchev–Trinajstić information content (AvgIpc) is 2.40. The van der Waals surface area contributed by atoms with Crippen molar-refractivity contribution in [3.8, 4) is 0 Å². The summed E-state index contributed by atoms with van der Waals surface area (Å²) in [5.74, 6) is 6.18. The van der Waals surface area contributed by atoms with Crippen LogP contribution in [0.2, 0.25) is 10.0 Å². The Morgan fingerprint density at radius 2 is 1.94 bits per heavy atom. The smallest absolute Gasteiger partial charge is 0.144 e. The number of aliphatic imine (C=N–C) groups is 1. The maximum atomic E-state index is 6.15. The molecule has 1 aliphatic carbocycles. The van der Waals surface area contributed by atoms with E-state index in [1.807, 2.05) is 0 Å². The Labute approximate surface area is 117 Å². The van der Waals surface area contributed by atoms with E-state index in [1.165, 1.54) is 19.3 Å². The van der Waals surface area contributed by atoms with Crippen molar-refractivity contribution in [1.82, 2.24) is 5.43 Å². The topological polar surface area (TPSA) is 50.4 Å². The standard InChI is InChI=1S/C13H17Cl2N3/c14-9-6-7-12(15)11(8-9)13(18-16)17-10-4-2-1-3-5-10/h6-8,10H,1-5,16H2,(H,17,18). The Bertz CT molecular complexity index is 440. The van der Waals surface area contributed by atoms with E-state index in [0.717, 1.165) is 18.4 Å². The van der Waals surface area contributed by atoms with Crippen molar-refractivity contribution in [2.45, 2.75) is 38.1 Å². The van der Waals surface area contributed by atoms with Gasteiger partial charge in [0.2, 0.25) is 0 Å². The molecular weight excluding hydrogens is 269 g/mol. The lowest BCUT2D eigenvalue weighted by atomic mass is 9.96. The van der Waals surface area contributed by atoms with Crippen LogP contribution in [0.1, 0.15) is 37.7 Å². The molecule has 3 nitrogen and oxygen atoms in total. The van der Waals surface area contributed by atoms with Gasteiger partial charge in [0.15, 0.2) is 0 Å². The predicted octanol–water partition coefficient (Wildman–Crippen LogP) is 3.54. The van der Waals surface area contributed by atoms with Gasteiger partial charge < -0.3 is 5.43 Å². The first-order valence-electron chi connectivity index (χ1n) is 6.20. The average molecular weight is 286 g/mol. The van der Waals surface area contributed by atoms with Gasteiger partial charge in [-0.15, -0.1) is 0 Å². The van der Waals surface area contributed by atoms with Gasteiger partial charge in [-0.1, -0.05) is 42.5 Å². The van der Waals surface area contributed by atoms with E-state index in [0.29, 0.717) is 21.9 Å². The molecule has 0 spiro atoms. The fourth-order valence-corrected chi connectivity index (χ4v) is 2.64. The Kier molecular flexibility index (Phi) is 4.87. The molecule has 1 aliphatic rings. The van der Waals surface area contributed by atoms with E-state index in [4.69, 9.17) is 29.0 Å². The molecule has 0 aromatic heterocycles. The summed E-state index contributed by atoms with van der Waals surface area (Å²) in [5.41, 5.74) is 3.40. The maximum Gasteiger partial charge on any atom is 0.144 e. The number of amidine groups is 1. The van der Waals surface area contributed by atoms with Gasteiger partial charge in [0.25, 0.3) is 0 Å². The third kappa shape index (κ3) is 3.37. The zero-order valence-corrected chi connectivity index (χ0v) is 11.6. The molecule has 1 fully saturated rings. The van der Waals surface area contributed by atoms with E-state index >= 15 is 0 Å². The Balaban J connectivity index is 2.26. The number of halogens is 2. The largest absolute Gasteiger partial charge is 0.308 e. The zero-order valence-electron chi connectivity index (χ0n) is 10.1. The van der Waals surface area contributed by atoms with Crippen LogP contribution in [-0.4, -0.2) is 11.9 Å². The minimum atomic E-state index is 0.333. The van der Waals surface area contributed by atoms with E-state index in [1.54, 1.807) is 18.2 Å². The highest BCUT2D eigenvalue weighted by Crippen LogP contribution is 2.24. The van der Waals surface area contributed by atoms with E-state index in [2.05, 4.69) is 10.4 Å². The highest BCUT2D eigenvalue weighted by atomic mass is 35.5. The van der Waals surface area contributed by atoms with Gasteiger partial charge in [-0.2, -0.15) is 0 Å². The van der Waals surface area contributed by atoms with Crippen LogP contribution >= 0.6 is 23.2 Å². The van der Waals surface area contributed by atoms with Gasteiger partial charge in [-0.3, -0.25) is 4.99 Å². The van der Waals surface area contributed by atoms with Crippen LogP contribution in [0.5, 0.6) is 0 Å². The lowest BCUT2D eigenvalue weighted by Crippen LogP contribution is -2.33. The van der Waals surface area contributed by atoms with Crippen LogP contribution < -0.4 is 11.3 Å². The monoisotopic (exact) mass is 285 g/mol. The van der Waals surface area contributed by atoms with Crippen molar-refractivity contribution in [3.63, 3.8) is 0 Å². The Morgan fingerprint density at radius 3 is 2.61 bits per heavy atom. The molecule has 1 saturated carbocycles. The van der Waals surface area contributed by atoms with E-state index < -0.39 is 0 Å². The number of hydrogen-bond donors (Lipinski definition) is 2. The fraction of sp³-hybridized carbons (Fsp3) is 0.462. The van der Waals surface area contributed by atoms with Crippen LogP contribution in [0.4, 0.5) is 0 Å². The molecule has 0 radical (unpaired) electrons. The van der Waals surface area contributed by atoms with Gasteiger partial charge in [0, 0.05) is 10.6 Å². The molecule has 0 saturated heterocycles. The second-order valence-corrected chi connectivity index (χ2v) is 5.38. The highest BCUT2D eigenvalue weighted by Gasteiger charge is 2.15. The summed E-state index contributed by atoms with van der Waals surface area (Å²) in [6.07, 6.45) is 5.99. The normalized spacial score (nSPS) is 17.8. The van der Waals surface area contributed by atoms with Gasteiger partial charge in [0.05, 0.1) is 11.1 Å². The van der Waals surface area contributed by atoms with Crippen LogP contribution in [0.3, 0.4) is 0 Å². The molecule has 18 heavy (non-hydrogen) atoms. The van der Waals surface area contributed by atoms with Crippen LogP contribution in [-0.2, 0) is 0 Å². The molecule has 3 N–H and O–H groups in total. The van der Waals surface area contributed by atoms with E-state index in [9.17, 15) is 0 Å². The number of nitrogens with zero attached hydrogens (tertiary/aromatic N) is 1. The molecule has 0 unspecified atom stereocenters. The first kappa shape index (κ1) is 13.7. The van der Waals surface area contributed by atoms with Crippen molar-refractivity contribution in [2.75, 3.05) is 0 Å². The fourth-order valence-electron chi connectivity index (χ4n) is 2.26. The minimum Gasteiger partial charge on any atom is -0.308 e. The van der Waals surface area contributed by atoms with Gasteiger partial charge in [0.1, 0.15) is 5.84 Å². The molecule has 2 rings (SSSR count). The first-order valence-corrected chi connectivity index (χ1v) is 6.96. The lowest BCUT2D eigenvalue weighted by Gasteiger charge is -2.19. The number of hydrogen-bond acceptors (Lipinski definition) is 2. The molecule has 0 bridgehead atoms. The second-order valence-electron chi connectivity index (χ2n) is 4.54. The van der Waals surface area contributed by atoms with Crippen LogP contribution in [0.25, 0.3) is 0 Å². The number of nitrogens with one attached hydrogen (secondary N) is 1. The molecule has 98 valence electrons. The summed E-state index contributed by atoms with van der Waals surface area (Å²) in [4.78, 5) is 4.66. The molecule has 0 amide bonds. The molecule has 0 heterocycles. The van der Waals surface area contributed by atoms with Crippen molar-refractivity contribution < 1.29 is 0 Å². The van der Waals surface area contributed by atoms with Crippen molar-refractivity contribution in [1.29, 1.82) is 0 Å². The number of benzene rings is 1. The maximum absolute atomic E-state index is 6.15. The molecule has 1 aromatic carbocycles. The summed E-state index contributed by atoms with van der Waals surface area (Å²) in [5, 5.41) is 1.23. The van der Waals surface area contributed by atoms with Gasteiger partial charge in [-0.05, 0) is 31.0 Å². The summed E-state index contributed by atoms with van der Waals surface area (Å²) in [7, 11) is 0. The summed E-state index contributed by atoms with van der Waals surface area (Å²) < 4.78 is 0. The third-order valence-electron chi connectivity index (χ3n) is 3.21. The van der Waals surface area contributed by atoms with Crippen molar-refractivity contribution >= 4 is 29.0 Å². The van der Waals surface area contributed by atoms with Gasteiger partial charge >= 0.3 is 0 Å².